The molecule has 0 saturated carbocycles. The highest BCUT2D eigenvalue weighted by atomic mass is 32.1. The monoisotopic (exact) mass is 304 g/mol. The molecule has 2 nitrogen and oxygen atoms in total. The van der Waals surface area contributed by atoms with Crippen LogP contribution in [0.2, 0.25) is 0 Å². The number of hydrazine groups is 1. The van der Waals surface area contributed by atoms with Crippen molar-refractivity contribution >= 4 is 21.4 Å². The van der Waals surface area contributed by atoms with Crippen LogP contribution in [0.4, 0.5) is 8.78 Å². The third-order valence-corrected chi connectivity index (χ3v) is 4.62. The van der Waals surface area contributed by atoms with Gasteiger partial charge in [0.1, 0.15) is 11.6 Å². The fourth-order valence-electron chi connectivity index (χ4n) is 2.30. The molecular formula is C16H14F2N2S. The topological polar surface area (TPSA) is 38.0 Å². The lowest BCUT2D eigenvalue weighted by Crippen LogP contribution is -2.28. The number of fused-ring (bicyclic) bond motifs is 1. The van der Waals surface area contributed by atoms with Crippen molar-refractivity contribution in [1.29, 1.82) is 0 Å². The normalized spacial score (nSPS) is 12.7. The first-order valence-electron chi connectivity index (χ1n) is 6.55. The lowest BCUT2D eigenvalue weighted by atomic mass is 10.0. The lowest BCUT2D eigenvalue weighted by Gasteiger charge is -2.14. The molecule has 0 fully saturated rings. The van der Waals surface area contributed by atoms with Crippen molar-refractivity contribution in [3.8, 4) is 0 Å². The molecule has 0 saturated heterocycles. The molecule has 1 unspecified atom stereocenters. The molecule has 0 amide bonds. The first kappa shape index (κ1) is 14.1. The van der Waals surface area contributed by atoms with Crippen LogP contribution in [0.15, 0.2) is 48.5 Å². The molecule has 2 aromatic carbocycles. The third kappa shape index (κ3) is 3.10. The molecule has 108 valence electrons. The minimum Gasteiger partial charge on any atom is -0.271 e. The Balaban J connectivity index is 1.88. The van der Waals surface area contributed by atoms with Crippen molar-refractivity contribution in [2.75, 3.05) is 0 Å². The summed E-state index contributed by atoms with van der Waals surface area (Å²) in [7, 11) is 0. The summed E-state index contributed by atoms with van der Waals surface area (Å²) in [4.78, 5) is 1.03. The first-order chi connectivity index (χ1) is 10.2. The van der Waals surface area contributed by atoms with Gasteiger partial charge in [-0.15, -0.1) is 11.3 Å². The van der Waals surface area contributed by atoms with E-state index < -0.39 is 0 Å². The average molecular weight is 304 g/mol. The maximum absolute atomic E-state index is 13.2. The van der Waals surface area contributed by atoms with E-state index in [0.717, 1.165) is 20.5 Å². The number of halogens is 2. The highest BCUT2D eigenvalue weighted by Crippen LogP contribution is 2.31. The Kier molecular flexibility index (Phi) is 3.96. The fourth-order valence-corrected chi connectivity index (χ4v) is 3.41. The molecule has 0 aliphatic carbocycles. The average Bonchev–Trinajstić information content (AvgIpc) is 2.89. The van der Waals surface area contributed by atoms with Crippen molar-refractivity contribution in [1.82, 2.24) is 5.43 Å². The predicted octanol–water partition coefficient (Wildman–Crippen LogP) is 3.93. The van der Waals surface area contributed by atoms with E-state index in [2.05, 4.69) is 5.43 Å². The van der Waals surface area contributed by atoms with E-state index in [1.165, 1.54) is 24.3 Å². The number of benzene rings is 2. The van der Waals surface area contributed by atoms with Crippen LogP contribution in [0.3, 0.4) is 0 Å². The number of thiophene rings is 1. The molecule has 0 spiro atoms. The van der Waals surface area contributed by atoms with Gasteiger partial charge in [-0.1, -0.05) is 12.1 Å². The molecule has 1 heterocycles. The number of hydrogen-bond acceptors (Lipinski definition) is 3. The molecule has 3 rings (SSSR count). The number of nitrogens with one attached hydrogen (secondary N) is 1. The van der Waals surface area contributed by atoms with Gasteiger partial charge < -0.3 is 0 Å². The van der Waals surface area contributed by atoms with Crippen molar-refractivity contribution in [3.05, 3.63) is 70.6 Å². The van der Waals surface area contributed by atoms with Gasteiger partial charge in [-0.2, -0.15) is 0 Å². The zero-order valence-corrected chi connectivity index (χ0v) is 12.0. The van der Waals surface area contributed by atoms with Crippen LogP contribution in [0, 0.1) is 11.6 Å². The molecule has 1 atom stereocenters. The summed E-state index contributed by atoms with van der Waals surface area (Å²) < 4.78 is 27.2. The summed E-state index contributed by atoms with van der Waals surface area (Å²) in [5.74, 6) is 5.14. The van der Waals surface area contributed by atoms with Gasteiger partial charge in [0.05, 0.1) is 6.04 Å². The van der Waals surface area contributed by atoms with E-state index in [0.29, 0.717) is 6.42 Å². The van der Waals surface area contributed by atoms with Crippen LogP contribution in [0.5, 0.6) is 0 Å². The molecule has 0 radical (unpaired) electrons. The van der Waals surface area contributed by atoms with Gasteiger partial charge in [-0.3, -0.25) is 11.3 Å². The van der Waals surface area contributed by atoms with Crippen molar-refractivity contribution in [2.45, 2.75) is 12.5 Å². The Morgan fingerprint density at radius 1 is 1.00 bits per heavy atom. The Labute approximate surface area is 125 Å². The summed E-state index contributed by atoms with van der Waals surface area (Å²) in [6.45, 7) is 0. The second kappa shape index (κ2) is 5.89. The molecule has 0 aliphatic rings. The highest BCUT2D eigenvalue weighted by molar-refractivity contribution is 7.19. The summed E-state index contributed by atoms with van der Waals surface area (Å²) in [5, 5.41) is 0.870. The van der Waals surface area contributed by atoms with Gasteiger partial charge >= 0.3 is 0 Å². The summed E-state index contributed by atoms with van der Waals surface area (Å²) >= 11 is 1.58. The molecule has 21 heavy (non-hydrogen) atoms. The summed E-state index contributed by atoms with van der Waals surface area (Å²) in [6.07, 6.45) is 0.645. The number of rotatable bonds is 4. The molecule has 5 heteroatoms. The Bertz CT molecular complexity index is 753. The minimum atomic E-state index is -0.256. The predicted molar refractivity (Wildman–Crippen MR) is 82.0 cm³/mol. The van der Waals surface area contributed by atoms with Crippen LogP contribution < -0.4 is 11.3 Å². The van der Waals surface area contributed by atoms with Gasteiger partial charge in [0, 0.05) is 9.58 Å². The molecule has 0 aliphatic heterocycles. The van der Waals surface area contributed by atoms with Gasteiger partial charge in [0.2, 0.25) is 0 Å². The molecule has 1 aromatic heterocycles. The van der Waals surface area contributed by atoms with Crippen LogP contribution in [0.1, 0.15) is 16.5 Å². The van der Waals surface area contributed by atoms with Gasteiger partial charge in [-0.25, -0.2) is 8.78 Å². The van der Waals surface area contributed by atoms with E-state index in [4.69, 9.17) is 5.84 Å². The van der Waals surface area contributed by atoms with E-state index in [-0.39, 0.29) is 17.7 Å². The van der Waals surface area contributed by atoms with Gasteiger partial charge in [0.25, 0.3) is 0 Å². The standard InChI is InChI=1S/C16H14F2N2S/c17-12-3-1-10(2-4-12)7-14(20-19)16-9-11-8-13(18)5-6-15(11)21-16/h1-6,8-9,14,20H,7,19H2. The van der Waals surface area contributed by atoms with Crippen LogP contribution in [0.25, 0.3) is 10.1 Å². The smallest absolute Gasteiger partial charge is 0.123 e. The van der Waals surface area contributed by atoms with Crippen molar-refractivity contribution in [3.63, 3.8) is 0 Å². The zero-order chi connectivity index (χ0) is 14.8. The molecule has 0 bridgehead atoms. The van der Waals surface area contributed by atoms with E-state index in [9.17, 15) is 8.78 Å². The fraction of sp³-hybridized carbons (Fsp3) is 0.125. The van der Waals surface area contributed by atoms with E-state index >= 15 is 0 Å². The third-order valence-electron chi connectivity index (χ3n) is 3.40. The van der Waals surface area contributed by atoms with Crippen molar-refractivity contribution < 1.29 is 8.78 Å². The molecular weight excluding hydrogens is 290 g/mol. The Morgan fingerprint density at radius 2 is 1.71 bits per heavy atom. The summed E-state index contributed by atoms with van der Waals surface area (Å²) in [6, 6.07) is 12.9. The van der Waals surface area contributed by atoms with Crippen LogP contribution >= 0.6 is 11.3 Å². The first-order valence-corrected chi connectivity index (χ1v) is 7.37. The van der Waals surface area contributed by atoms with Crippen molar-refractivity contribution in [2.24, 2.45) is 5.84 Å². The summed E-state index contributed by atoms with van der Waals surface area (Å²) in [5.41, 5.74) is 3.77. The lowest BCUT2D eigenvalue weighted by molar-refractivity contribution is 0.559. The maximum atomic E-state index is 13.2. The second-order valence-corrected chi connectivity index (χ2v) is 6.00. The SMILES string of the molecule is NNC(Cc1ccc(F)cc1)c1cc2cc(F)ccc2s1. The number of hydrogen-bond donors (Lipinski definition) is 2. The Hall–Kier alpha value is -1.82. The maximum Gasteiger partial charge on any atom is 0.123 e. The van der Waals surface area contributed by atoms with Crippen LogP contribution in [-0.2, 0) is 6.42 Å². The Morgan fingerprint density at radius 3 is 2.43 bits per heavy atom. The molecule has 3 N–H and O–H groups in total. The number of nitrogens with two attached hydrogens (primary N) is 1. The van der Waals surface area contributed by atoms with Crippen LogP contribution in [-0.4, -0.2) is 0 Å². The van der Waals surface area contributed by atoms with Gasteiger partial charge in [0.15, 0.2) is 0 Å². The largest absolute Gasteiger partial charge is 0.271 e. The van der Waals surface area contributed by atoms with E-state index in [1.54, 1.807) is 29.5 Å². The second-order valence-electron chi connectivity index (χ2n) is 4.88. The quantitative estimate of drug-likeness (QED) is 0.566. The molecule has 3 aromatic rings. The minimum absolute atomic E-state index is 0.0871. The van der Waals surface area contributed by atoms with Gasteiger partial charge in [-0.05, 0) is 53.8 Å². The zero-order valence-electron chi connectivity index (χ0n) is 11.1. The van der Waals surface area contributed by atoms with E-state index in [1.807, 2.05) is 6.07 Å². The highest BCUT2D eigenvalue weighted by Gasteiger charge is 2.14.